The Morgan fingerprint density at radius 2 is 1.28 bits per heavy atom. The van der Waals surface area contributed by atoms with Crippen LogP contribution in [-0.2, 0) is 0 Å². The predicted octanol–water partition coefficient (Wildman–Crippen LogP) is 1.36. The van der Waals surface area contributed by atoms with Gasteiger partial charge in [-0.1, -0.05) is 0 Å². The topological polar surface area (TPSA) is 60.7 Å². The van der Waals surface area contributed by atoms with E-state index in [1.54, 1.807) is 0 Å². The molecule has 0 aromatic carbocycles. The van der Waals surface area contributed by atoms with Crippen molar-refractivity contribution in [2.45, 2.75) is 49.4 Å². The van der Waals surface area contributed by atoms with E-state index in [0.717, 1.165) is 0 Å². The zero-order valence-electron chi connectivity index (χ0n) is 8.96. The molecule has 1 saturated carbocycles. The van der Waals surface area contributed by atoms with Crippen molar-refractivity contribution in [3.05, 3.63) is 0 Å². The second kappa shape index (κ2) is 4.53. The summed E-state index contributed by atoms with van der Waals surface area (Å²) in [5.41, 5.74) is -5.01. The lowest BCUT2D eigenvalue weighted by Crippen LogP contribution is -2.65. The van der Waals surface area contributed by atoms with Gasteiger partial charge in [-0.05, 0) is 19.3 Å². The molecular weight excluding hydrogens is 270 g/mol. The summed E-state index contributed by atoms with van der Waals surface area (Å²) in [6.45, 7) is 0. The van der Waals surface area contributed by atoms with Crippen LogP contribution in [0.15, 0.2) is 0 Å². The molecule has 0 heterocycles. The van der Waals surface area contributed by atoms with Crippen molar-refractivity contribution in [2.24, 2.45) is 5.92 Å². The lowest BCUT2D eigenvalue weighted by Gasteiger charge is -2.43. The molecular formula is C9H12F6O3. The van der Waals surface area contributed by atoms with E-state index in [2.05, 4.69) is 0 Å². The van der Waals surface area contributed by atoms with Crippen molar-refractivity contribution in [3.63, 3.8) is 0 Å². The maximum atomic E-state index is 12.5. The molecule has 18 heavy (non-hydrogen) atoms. The van der Waals surface area contributed by atoms with Gasteiger partial charge < -0.3 is 15.3 Å². The van der Waals surface area contributed by atoms with E-state index in [-0.39, 0.29) is 6.42 Å². The molecule has 3 N–H and O–H groups in total. The highest BCUT2D eigenvalue weighted by atomic mass is 19.4. The molecule has 0 amide bonds. The summed E-state index contributed by atoms with van der Waals surface area (Å²) in [7, 11) is 0. The van der Waals surface area contributed by atoms with E-state index in [0.29, 0.717) is 0 Å². The first-order valence-corrected chi connectivity index (χ1v) is 5.13. The first-order chi connectivity index (χ1) is 7.91. The van der Waals surface area contributed by atoms with E-state index in [1.807, 2.05) is 0 Å². The minimum absolute atomic E-state index is 0.108. The van der Waals surface area contributed by atoms with Gasteiger partial charge >= 0.3 is 12.4 Å². The van der Waals surface area contributed by atoms with Gasteiger partial charge in [0.25, 0.3) is 5.60 Å². The second-order valence-corrected chi connectivity index (χ2v) is 4.40. The maximum Gasteiger partial charge on any atom is 0.426 e. The molecule has 0 aromatic heterocycles. The molecule has 0 aromatic rings. The Morgan fingerprint density at radius 3 is 1.67 bits per heavy atom. The molecule has 9 heteroatoms. The molecule has 108 valence electrons. The molecule has 0 aliphatic heterocycles. The van der Waals surface area contributed by atoms with Crippen LogP contribution >= 0.6 is 0 Å². The van der Waals surface area contributed by atoms with Crippen molar-refractivity contribution in [2.75, 3.05) is 0 Å². The molecule has 3 nitrogen and oxygen atoms in total. The summed E-state index contributed by atoms with van der Waals surface area (Å²) >= 11 is 0. The third-order valence-corrected chi connectivity index (χ3v) is 3.19. The van der Waals surface area contributed by atoms with Crippen LogP contribution in [0.25, 0.3) is 0 Å². The average molecular weight is 282 g/mol. The highest BCUT2D eigenvalue weighted by molar-refractivity contribution is 5.03. The summed E-state index contributed by atoms with van der Waals surface area (Å²) in [5, 5.41) is 27.5. The zero-order valence-corrected chi connectivity index (χ0v) is 8.96. The fraction of sp³-hybridized carbons (Fsp3) is 1.00. The maximum absolute atomic E-state index is 12.5. The van der Waals surface area contributed by atoms with E-state index >= 15 is 0 Å². The van der Waals surface area contributed by atoms with Crippen molar-refractivity contribution in [1.82, 2.24) is 0 Å². The van der Waals surface area contributed by atoms with Gasteiger partial charge in [0.15, 0.2) is 0 Å². The van der Waals surface area contributed by atoms with E-state index in [1.165, 1.54) is 0 Å². The van der Waals surface area contributed by atoms with Crippen molar-refractivity contribution < 1.29 is 41.7 Å². The molecule has 1 aliphatic carbocycles. The summed E-state index contributed by atoms with van der Waals surface area (Å²) in [4.78, 5) is 0. The van der Waals surface area contributed by atoms with E-state index < -0.39 is 48.9 Å². The smallest absolute Gasteiger partial charge is 0.393 e. The van der Waals surface area contributed by atoms with Crippen molar-refractivity contribution >= 4 is 0 Å². The van der Waals surface area contributed by atoms with Crippen LogP contribution in [0.3, 0.4) is 0 Å². The van der Waals surface area contributed by atoms with Crippen LogP contribution < -0.4 is 0 Å². The van der Waals surface area contributed by atoms with Gasteiger partial charge in [0.05, 0.1) is 12.2 Å². The first-order valence-electron chi connectivity index (χ1n) is 5.13. The van der Waals surface area contributed by atoms with Gasteiger partial charge in [-0.3, -0.25) is 0 Å². The molecule has 1 fully saturated rings. The molecule has 3 unspecified atom stereocenters. The number of halogens is 6. The van der Waals surface area contributed by atoms with E-state index in [4.69, 9.17) is 10.2 Å². The molecule has 0 radical (unpaired) electrons. The van der Waals surface area contributed by atoms with E-state index in [9.17, 15) is 31.4 Å². The highest BCUT2D eigenvalue weighted by Crippen LogP contribution is 2.51. The van der Waals surface area contributed by atoms with Crippen LogP contribution in [0.1, 0.15) is 19.3 Å². The van der Waals surface area contributed by atoms with Gasteiger partial charge in [0.1, 0.15) is 0 Å². The summed E-state index contributed by atoms with van der Waals surface area (Å²) < 4.78 is 75.1. The van der Waals surface area contributed by atoms with Crippen LogP contribution in [0, 0.1) is 5.92 Å². The Labute approximate surface area is 98.0 Å². The molecule has 0 saturated heterocycles. The Morgan fingerprint density at radius 1 is 0.833 bits per heavy atom. The van der Waals surface area contributed by atoms with Gasteiger partial charge in [0.2, 0.25) is 0 Å². The lowest BCUT2D eigenvalue weighted by molar-refractivity contribution is -0.394. The largest absolute Gasteiger partial charge is 0.426 e. The van der Waals surface area contributed by atoms with Crippen molar-refractivity contribution in [3.8, 4) is 0 Å². The Kier molecular flexibility index (Phi) is 3.91. The fourth-order valence-corrected chi connectivity index (χ4v) is 2.16. The molecule has 1 rings (SSSR count). The van der Waals surface area contributed by atoms with Crippen LogP contribution in [0.5, 0.6) is 0 Å². The van der Waals surface area contributed by atoms with Gasteiger partial charge in [-0.2, -0.15) is 26.3 Å². The molecule has 0 bridgehead atoms. The lowest BCUT2D eigenvalue weighted by atomic mass is 9.73. The minimum Gasteiger partial charge on any atom is -0.393 e. The second-order valence-electron chi connectivity index (χ2n) is 4.40. The number of aliphatic hydroxyl groups excluding tert-OH is 2. The first kappa shape index (κ1) is 15.5. The van der Waals surface area contributed by atoms with Crippen LogP contribution in [0.2, 0.25) is 0 Å². The number of hydrogen-bond acceptors (Lipinski definition) is 3. The third-order valence-electron chi connectivity index (χ3n) is 3.19. The Hall–Kier alpha value is -0.540. The zero-order chi connectivity index (χ0) is 14.4. The molecule has 3 atom stereocenters. The number of hydrogen-bond donors (Lipinski definition) is 3. The number of aliphatic hydroxyl groups is 3. The monoisotopic (exact) mass is 282 g/mol. The average Bonchev–Trinajstić information content (AvgIpc) is 2.17. The Balaban J connectivity index is 3.19. The van der Waals surface area contributed by atoms with Gasteiger partial charge in [-0.25, -0.2) is 0 Å². The number of alkyl halides is 6. The van der Waals surface area contributed by atoms with Gasteiger partial charge in [0, 0.05) is 5.92 Å². The number of rotatable bonds is 1. The molecule has 0 spiro atoms. The van der Waals surface area contributed by atoms with Crippen LogP contribution in [0.4, 0.5) is 26.3 Å². The Bertz CT molecular complexity index is 286. The van der Waals surface area contributed by atoms with Crippen molar-refractivity contribution in [1.29, 1.82) is 0 Å². The van der Waals surface area contributed by atoms with Crippen LogP contribution in [-0.4, -0.2) is 45.5 Å². The quantitative estimate of drug-likeness (QED) is 0.636. The standard InChI is InChI=1S/C9H12F6O3/c10-8(11,12)7(18,9(13,14)15)5-3-4(16)1-2-6(5)17/h4-6,16-18H,1-3H2. The predicted molar refractivity (Wildman–Crippen MR) is 46.4 cm³/mol. The normalized spacial score (nSPS) is 31.5. The minimum atomic E-state index is -5.98. The third kappa shape index (κ3) is 2.43. The fourth-order valence-electron chi connectivity index (χ4n) is 2.16. The molecule has 1 aliphatic rings. The highest BCUT2D eigenvalue weighted by Gasteiger charge is 2.75. The summed E-state index contributed by atoms with van der Waals surface area (Å²) in [6.07, 6.45) is -16.8. The summed E-state index contributed by atoms with van der Waals surface area (Å²) in [6, 6.07) is 0. The SMILES string of the molecule is OC1CCC(O)C(C(O)(C(F)(F)F)C(F)(F)F)C1. The summed E-state index contributed by atoms with van der Waals surface area (Å²) in [5.74, 6) is -2.53. The van der Waals surface area contributed by atoms with Gasteiger partial charge in [-0.15, -0.1) is 0 Å².